The Labute approximate surface area is 165 Å². The van der Waals surface area contributed by atoms with Gasteiger partial charge in [0.05, 0.1) is 0 Å². The average molecular weight is 372 g/mol. The molecule has 1 aromatic carbocycles. The quantitative estimate of drug-likeness (QED) is 0.474. The molecule has 0 aliphatic carbocycles. The molecule has 1 N–H and O–H groups in total. The molecule has 3 rings (SSSR count). The standard InChI is InChI=1S/C22H37N5/c1-20-10-14-25(15-11-20)13-7-6-12-24-22(23-2)27-18-16-26(17-19-27)21-8-4-3-5-9-21/h3-5,8-9,20H,6-7,10-19H2,1-2H3,(H,23,24). The molecular formula is C22H37N5. The first kappa shape index (κ1) is 20.0. The average Bonchev–Trinajstić information content (AvgIpc) is 2.73. The van der Waals surface area contributed by atoms with Gasteiger partial charge in [0.1, 0.15) is 0 Å². The molecule has 0 saturated carbocycles. The number of piperazine rings is 1. The van der Waals surface area contributed by atoms with Crippen LogP contribution in [-0.2, 0) is 0 Å². The van der Waals surface area contributed by atoms with Crippen LogP contribution in [0.3, 0.4) is 0 Å². The second-order valence-electron chi connectivity index (χ2n) is 8.01. The Morgan fingerprint density at radius 3 is 2.37 bits per heavy atom. The first-order valence-corrected chi connectivity index (χ1v) is 10.7. The normalized spacial score (nSPS) is 20.1. The fourth-order valence-corrected chi connectivity index (χ4v) is 4.09. The van der Waals surface area contributed by atoms with Crippen LogP contribution in [0.1, 0.15) is 32.6 Å². The zero-order valence-electron chi connectivity index (χ0n) is 17.2. The third kappa shape index (κ3) is 6.13. The SMILES string of the molecule is CN=C(NCCCCN1CCC(C)CC1)N1CCN(c2ccccc2)CC1. The van der Waals surface area contributed by atoms with Crippen molar-refractivity contribution >= 4 is 11.6 Å². The number of nitrogens with zero attached hydrogens (tertiary/aromatic N) is 4. The van der Waals surface area contributed by atoms with E-state index in [0.29, 0.717) is 0 Å². The summed E-state index contributed by atoms with van der Waals surface area (Å²) >= 11 is 0. The highest BCUT2D eigenvalue weighted by molar-refractivity contribution is 5.80. The number of nitrogens with one attached hydrogen (secondary N) is 1. The minimum absolute atomic E-state index is 0.925. The number of guanidine groups is 1. The summed E-state index contributed by atoms with van der Waals surface area (Å²) in [5, 5.41) is 3.58. The molecule has 0 bridgehead atoms. The lowest BCUT2D eigenvalue weighted by molar-refractivity contribution is 0.189. The third-order valence-electron chi connectivity index (χ3n) is 5.97. The molecule has 2 saturated heterocycles. The Kier molecular flexibility index (Phi) is 7.81. The highest BCUT2D eigenvalue weighted by atomic mass is 15.3. The second-order valence-corrected chi connectivity index (χ2v) is 8.01. The molecule has 150 valence electrons. The number of hydrogen-bond acceptors (Lipinski definition) is 3. The maximum atomic E-state index is 4.51. The first-order chi connectivity index (χ1) is 13.3. The van der Waals surface area contributed by atoms with Crippen LogP contribution in [0.2, 0.25) is 0 Å². The molecule has 0 spiro atoms. The van der Waals surface area contributed by atoms with Crippen molar-refractivity contribution in [3.63, 3.8) is 0 Å². The van der Waals surface area contributed by atoms with Crippen molar-refractivity contribution in [3.8, 4) is 0 Å². The van der Waals surface area contributed by atoms with Gasteiger partial charge in [-0.05, 0) is 63.4 Å². The van der Waals surface area contributed by atoms with Gasteiger partial charge in [-0.1, -0.05) is 25.1 Å². The molecule has 1 aromatic rings. The van der Waals surface area contributed by atoms with Gasteiger partial charge in [-0.2, -0.15) is 0 Å². The third-order valence-corrected chi connectivity index (χ3v) is 5.97. The van der Waals surface area contributed by atoms with Crippen LogP contribution in [0.25, 0.3) is 0 Å². The molecular weight excluding hydrogens is 334 g/mol. The van der Waals surface area contributed by atoms with Crippen molar-refractivity contribution in [1.29, 1.82) is 0 Å². The lowest BCUT2D eigenvalue weighted by Gasteiger charge is -2.37. The van der Waals surface area contributed by atoms with E-state index >= 15 is 0 Å². The fourth-order valence-electron chi connectivity index (χ4n) is 4.09. The van der Waals surface area contributed by atoms with Crippen molar-refractivity contribution < 1.29 is 0 Å². The zero-order valence-corrected chi connectivity index (χ0v) is 17.2. The lowest BCUT2D eigenvalue weighted by atomic mass is 9.99. The largest absolute Gasteiger partial charge is 0.368 e. The smallest absolute Gasteiger partial charge is 0.193 e. The number of likely N-dealkylation sites (tertiary alicyclic amines) is 1. The van der Waals surface area contributed by atoms with Crippen LogP contribution in [0.5, 0.6) is 0 Å². The number of benzene rings is 1. The van der Waals surface area contributed by atoms with Crippen molar-refractivity contribution in [3.05, 3.63) is 30.3 Å². The number of hydrogen-bond donors (Lipinski definition) is 1. The maximum absolute atomic E-state index is 4.51. The van der Waals surface area contributed by atoms with E-state index in [9.17, 15) is 0 Å². The molecule has 0 amide bonds. The molecule has 5 heteroatoms. The molecule has 2 heterocycles. The van der Waals surface area contributed by atoms with E-state index in [0.717, 1.165) is 44.6 Å². The molecule has 0 radical (unpaired) electrons. The van der Waals surface area contributed by atoms with Gasteiger partial charge in [0.2, 0.25) is 0 Å². The van der Waals surface area contributed by atoms with E-state index in [-0.39, 0.29) is 0 Å². The first-order valence-electron chi connectivity index (χ1n) is 10.7. The van der Waals surface area contributed by atoms with Crippen molar-refractivity contribution in [2.75, 3.05) is 64.3 Å². The Hall–Kier alpha value is -1.75. The predicted molar refractivity (Wildman–Crippen MR) is 116 cm³/mol. The van der Waals surface area contributed by atoms with E-state index in [4.69, 9.17) is 0 Å². The lowest BCUT2D eigenvalue weighted by Crippen LogP contribution is -2.52. The highest BCUT2D eigenvalue weighted by Gasteiger charge is 2.19. The van der Waals surface area contributed by atoms with Gasteiger partial charge in [0.25, 0.3) is 0 Å². The molecule has 2 aliphatic heterocycles. The molecule has 5 nitrogen and oxygen atoms in total. The Bertz CT molecular complexity index is 557. The van der Waals surface area contributed by atoms with Crippen LogP contribution in [0, 0.1) is 5.92 Å². The van der Waals surface area contributed by atoms with Crippen LogP contribution in [-0.4, -0.2) is 75.2 Å². The van der Waals surface area contributed by atoms with Gasteiger partial charge in [-0.15, -0.1) is 0 Å². The van der Waals surface area contributed by atoms with Crippen LogP contribution in [0.4, 0.5) is 5.69 Å². The Morgan fingerprint density at radius 2 is 1.70 bits per heavy atom. The monoisotopic (exact) mass is 371 g/mol. The van der Waals surface area contributed by atoms with E-state index in [2.05, 4.69) is 62.3 Å². The van der Waals surface area contributed by atoms with Gasteiger partial charge in [-0.25, -0.2) is 0 Å². The van der Waals surface area contributed by atoms with Crippen LogP contribution >= 0.6 is 0 Å². The summed E-state index contributed by atoms with van der Waals surface area (Å²) in [7, 11) is 1.90. The molecule has 27 heavy (non-hydrogen) atoms. The summed E-state index contributed by atoms with van der Waals surface area (Å²) < 4.78 is 0. The molecule has 2 fully saturated rings. The van der Waals surface area contributed by atoms with Crippen molar-refractivity contribution in [2.45, 2.75) is 32.6 Å². The number of aliphatic imine (C=N–C) groups is 1. The van der Waals surface area contributed by atoms with Crippen molar-refractivity contribution in [2.24, 2.45) is 10.9 Å². The molecule has 0 aromatic heterocycles. The number of para-hydroxylation sites is 1. The molecule has 0 atom stereocenters. The maximum Gasteiger partial charge on any atom is 0.193 e. The topological polar surface area (TPSA) is 34.1 Å². The molecule has 2 aliphatic rings. The van der Waals surface area contributed by atoms with Crippen LogP contribution in [0.15, 0.2) is 35.3 Å². The summed E-state index contributed by atoms with van der Waals surface area (Å²) in [5.41, 5.74) is 1.33. The minimum Gasteiger partial charge on any atom is -0.368 e. The van der Waals surface area contributed by atoms with Gasteiger partial charge >= 0.3 is 0 Å². The van der Waals surface area contributed by atoms with Gasteiger partial charge < -0.3 is 20.0 Å². The zero-order chi connectivity index (χ0) is 18.9. The molecule has 0 unspecified atom stereocenters. The van der Waals surface area contributed by atoms with Gasteiger partial charge in [0, 0.05) is 45.5 Å². The van der Waals surface area contributed by atoms with E-state index < -0.39 is 0 Å². The Morgan fingerprint density at radius 1 is 1.00 bits per heavy atom. The summed E-state index contributed by atoms with van der Waals surface area (Å²) in [6, 6.07) is 10.7. The van der Waals surface area contributed by atoms with E-state index in [1.165, 1.54) is 51.0 Å². The highest BCUT2D eigenvalue weighted by Crippen LogP contribution is 2.17. The Balaban J connectivity index is 1.31. The number of anilines is 1. The second kappa shape index (κ2) is 10.5. The number of unbranched alkanes of at least 4 members (excludes halogenated alkanes) is 1. The fraction of sp³-hybridized carbons (Fsp3) is 0.682. The van der Waals surface area contributed by atoms with E-state index in [1.54, 1.807) is 0 Å². The summed E-state index contributed by atoms with van der Waals surface area (Å²) in [6.45, 7) is 11.4. The summed E-state index contributed by atoms with van der Waals surface area (Å²) in [4.78, 5) is 12.0. The van der Waals surface area contributed by atoms with Gasteiger partial charge in [0.15, 0.2) is 5.96 Å². The van der Waals surface area contributed by atoms with Crippen molar-refractivity contribution in [1.82, 2.24) is 15.1 Å². The summed E-state index contributed by atoms with van der Waals surface area (Å²) in [6.07, 6.45) is 5.24. The number of rotatable bonds is 6. The summed E-state index contributed by atoms with van der Waals surface area (Å²) in [5.74, 6) is 1.99. The van der Waals surface area contributed by atoms with E-state index in [1.807, 2.05) is 7.05 Å². The van der Waals surface area contributed by atoms with Crippen LogP contribution < -0.4 is 10.2 Å². The number of piperidine rings is 1. The van der Waals surface area contributed by atoms with Gasteiger partial charge in [-0.3, -0.25) is 4.99 Å². The minimum atomic E-state index is 0.925. The predicted octanol–water partition coefficient (Wildman–Crippen LogP) is 2.90.